The second-order valence-corrected chi connectivity index (χ2v) is 10.6. The summed E-state index contributed by atoms with van der Waals surface area (Å²) in [5.41, 5.74) is 1.38. The van der Waals surface area contributed by atoms with Gasteiger partial charge in [0.15, 0.2) is 0 Å². The standard InChI is InChI=1S/C26H28Cl3N3O5/c1-31(24(33)15-2-5-17(27)6-3-15)23-8-10-32(13-19(23)16-4-7-20(28)21(29)12-16)25(34)18-9-11-37-14-22(18)30-26(35)36/h2-7,12,18-19,22-23,30H,8-11,13-14H2,1H3,(H,35,36)/t18-,19-,22+,23+/m0/s1. The molecule has 37 heavy (non-hydrogen) atoms. The van der Waals surface area contributed by atoms with Crippen molar-refractivity contribution in [3.8, 4) is 0 Å². The van der Waals surface area contributed by atoms with E-state index >= 15 is 0 Å². The highest BCUT2D eigenvalue weighted by molar-refractivity contribution is 6.42. The number of piperidine rings is 1. The molecule has 0 aromatic heterocycles. The molecule has 0 aliphatic carbocycles. The van der Waals surface area contributed by atoms with Crippen molar-refractivity contribution >= 4 is 52.7 Å². The summed E-state index contributed by atoms with van der Waals surface area (Å²) in [5, 5.41) is 13.0. The molecule has 2 N–H and O–H groups in total. The number of ether oxygens (including phenoxy) is 1. The van der Waals surface area contributed by atoms with E-state index in [4.69, 9.17) is 39.5 Å². The van der Waals surface area contributed by atoms with Gasteiger partial charge in [-0.05, 0) is 54.8 Å². The Labute approximate surface area is 230 Å². The summed E-state index contributed by atoms with van der Waals surface area (Å²) in [6.07, 6.45) is -0.230. The molecule has 3 amide bonds. The predicted octanol–water partition coefficient (Wildman–Crippen LogP) is 4.78. The van der Waals surface area contributed by atoms with Gasteiger partial charge in [-0.25, -0.2) is 4.79 Å². The lowest BCUT2D eigenvalue weighted by molar-refractivity contribution is -0.141. The molecule has 0 bridgehead atoms. The van der Waals surface area contributed by atoms with Crippen LogP contribution in [0.2, 0.25) is 15.1 Å². The van der Waals surface area contributed by atoms with Crippen molar-refractivity contribution in [1.29, 1.82) is 0 Å². The van der Waals surface area contributed by atoms with Crippen molar-refractivity contribution in [3.05, 3.63) is 68.7 Å². The zero-order chi connectivity index (χ0) is 26.7. The Bertz CT molecular complexity index is 1160. The van der Waals surface area contributed by atoms with E-state index in [1.807, 2.05) is 6.07 Å². The highest BCUT2D eigenvalue weighted by Gasteiger charge is 2.41. The zero-order valence-corrected chi connectivity index (χ0v) is 22.5. The second kappa shape index (κ2) is 11.9. The fourth-order valence-electron chi connectivity index (χ4n) is 5.19. The number of carboxylic acid groups (broad SMARTS) is 1. The molecular formula is C26H28Cl3N3O5. The van der Waals surface area contributed by atoms with E-state index in [-0.39, 0.29) is 30.4 Å². The van der Waals surface area contributed by atoms with Crippen molar-refractivity contribution in [2.24, 2.45) is 5.92 Å². The van der Waals surface area contributed by atoms with Crippen LogP contribution < -0.4 is 5.32 Å². The lowest BCUT2D eigenvalue weighted by atomic mass is 9.83. The summed E-state index contributed by atoms with van der Waals surface area (Å²) < 4.78 is 5.41. The molecule has 198 valence electrons. The van der Waals surface area contributed by atoms with Gasteiger partial charge in [-0.2, -0.15) is 0 Å². The summed E-state index contributed by atoms with van der Waals surface area (Å²) >= 11 is 18.5. The Hall–Kier alpha value is -2.52. The molecule has 4 atom stereocenters. The highest BCUT2D eigenvalue weighted by Crippen LogP contribution is 2.35. The quantitative estimate of drug-likeness (QED) is 0.541. The summed E-state index contributed by atoms with van der Waals surface area (Å²) in [6, 6.07) is 11.3. The summed E-state index contributed by atoms with van der Waals surface area (Å²) in [6.45, 7) is 1.31. The molecule has 4 rings (SSSR count). The van der Waals surface area contributed by atoms with Crippen molar-refractivity contribution in [2.45, 2.75) is 30.8 Å². The van der Waals surface area contributed by atoms with Crippen LogP contribution in [0.15, 0.2) is 42.5 Å². The third-order valence-corrected chi connectivity index (χ3v) is 8.14. The summed E-state index contributed by atoms with van der Waals surface area (Å²) in [4.78, 5) is 41.7. The zero-order valence-electron chi connectivity index (χ0n) is 20.2. The molecule has 0 unspecified atom stereocenters. The molecule has 2 saturated heterocycles. The third-order valence-electron chi connectivity index (χ3n) is 7.15. The van der Waals surface area contributed by atoms with Crippen molar-refractivity contribution in [1.82, 2.24) is 15.1 Å². The molecule has 2 heterocycles. The van der Waals surface area contributed by atoms with Gasteiger partial charge in [-0.15, -0.1) is 0 Å². The van der Waals surface area contributed by atoms with Crippen molar-refractivity contribution in [3.63, 3.8) is 0 Å². The number of halogens is 3. The predicted molar refractivity (Wildman–Crippen MR) is 142 cm³/mol. The molecule has 2 aliphatic rings. The average Bonchev–Trinajstić information content (AvgIpc) is 2.89. The van der Waals surface area contributed by atoms with Crippen LogP contribution in [0.1, 0.15) is 34.7 Å². The van der Waals surface area contributed by atoms with Gasteiger partial charge in [0, 0.05) is 49.3 Å². The van der Waals surface area contributed by atoms with Gasteiger partial charge in [0.05, 0.1) is 28.6 Å². The number of rotatable bonds is 5. The summed E-state index contributed by atoms with van der Waals surface area (Å²) in [5.74, 6) is -1.04. The van der Waals surface area contributed by atoms with Crippen LogP contribution in [0.4, 0.5) is 4.79 Å². The number of likely N-dealkylation sites (N-methyl/N-ethyl adjacent to an activating group) is 1. The Kier molecular flexibility index (Phi) is 8.85. The average molecular weight is 569 g/mol. The van der Waals surface area contributed by atoms with Crippen LogP contribution >= 0.6 is 34.8 Å². The van der Waals surface area contributed by atoms with Crippen LogP contribution in [0.5, 0.6) is 0 Å². The molecule has 0 spiro atoms. The molecule has 2 aliphatic heterocycles. The number of hydrogen-bond donors (Lipinski definition) is 2. The van der Waals surface area contributed by atoms with Gasteiger partial charge in [0.1, 0.15) is 0 Å². The maximum atomic E-state index is 13.6. The first-order valence-corrected chi connectivity index (χ1v) is 13.1. The molecule has 2 aromatic carbocycles. The minimum absolute atomic E-state index is 0.128. The number of hydrogen-bond acceptors (Lipinski definition) is 4. The molecular weight excluding hydrogens is 541 g/mol. The molecule has 11 heteroatoms. The number of likely N-dealkylation sites (tertiary alicyclic amines) is 1. The Balaban J connectivity index is 1.60. The minimum atomic E-state index is -1.19. The number of carbonyl (C=O) groups excluding carboxylic acids is 2. The molecule has 8 nitrogen and oxygen atoms in total. The smallest absolute Gasteiger partial charge is 0.404 e. The Morgan fingerprint density at radius 1 is 1.05 bits per heavy atom. The SMILES string of the molecule is CN(C(=O)c1ccc(Cl)cc1)[C@@H]1CCN(C(=O)[C@H]2CCOC[C@H]2NC(=O)O)C[C@H]1c1ccc(Cl)c(Cl)c1. The molecule has 2 aromatic rings. The first-order valence-electron chi connectivity index (χ1n) is 12.0. The van der Waals surface area contributed by atoms with E-state index in [1.165, 1.54) is 0 Å². The number of amides is 3. The van der Waals surface area contributed by atoms with E-state index in [0.29, 0.717) is 53.2 Å². The number of benzene rings is 2. The highest BCUT2D eigenvalue weighted by atomic mass is 35.5. The van der Waals surface area contributed by atoms with Crippen LogP contribution in [-0.4, -0.2) is 78.2 Å². The van der Waals surface area contributed by atoms with Gasteiger partial charge in [-0.1, -0.05) is 40.9 Å². The number of nitrogens with one attached hydrogen (secondary N) is 1. The number of nitrogens with zero attached hydrogens (tertiary/aromatic N) is 2. The molecule has 0 saturated carbocycles. The lowest BCUT2D eigenvalue weighted by Gasteiger charge is -2.44. The molecule has 0 radical (unpaired) electrons. The first-order chi connectivity index (χ1) is 17.7. The topological polar surface area (TPSA) is 99.2 Å². The van der Waals surface area contributed by atoms with Gasteiger partial charge in [0.2, 0.25) is 5.91 Å². The monoisotopic (exact) mass is 567 g/mol. The minimum Gasteiger partial charge on any atom is -0.465 e. The normalized spacial score (nSPS) is 23.8. The largest absolute Gasteiger partial charge is 0.465 e. The Morgan fingerprint density at radius 3 is 2.46 bits per heavy atom. The van der Waals surface area contributed by atoms with E-state index in [0.717, 1.165) is 5.56 Å². The summed E-state index contributed by atoms with van der Waals surface area (Å²) in [7, 11) is 1.76. The van der Waals surface area contributed by atoms with E-state index in [9.17, 15) is 19.5 Å². The maximum absolute atomic E-state index is 13.6. The first kappa shape index (κ1) is 27.5. The van der Waals surface area contributed by atoms with Gasteiger partial charge >= 0.3 is 6.09 Å². The van der Waals surface area contributed by atoms with Crippen molar-refractivity contribution in [2.75, 3.05) is 33.4 Å². The molecule has 2 fully saturated rings. The fraction of sp³-hybridized carbons (Fsp3) is 0.423. The second-order valence-electron chi connectivity index (χ2n) is 9.37. The van der Waals surface area contributed by atoms with Crippen molar-refractivity contribution < 1.29 is 24.2 Å². The van der Waals surface area contributed by atoms with E-state index < -0.39 is 18.1 Å². The fourth-order valence-corrected chi connectivity index (χ4v) is 5.62. The maximum Gasteiger partial charge on any atom is 0.404 e. The van der Waals surface area contributed by atoms with Crippen LogP contribution in [0.25, 0.3) is 0 Å². The van der Waals surface area contributed by atoms with Gasteiger partial charge < -0.3 is 25.0 Å². The van der Waals surface area contributed by atoms with Crippen LogP contribution in [-0.2, 0) is 9.53 Å². The van der Waals surface area contributed by atoms with Gasteiger partial charge in [0.25, 0.3) is 5.91 Å². The third kappa shape index (κ3) is 6.32. The van der Waals surface area contributed by atoms with Crippen LogP contribution in [0, 0.1) is 5.92 Å². The van der Waals surface area contributed by atoms with Gasteiger partial charge in [-0.3, -0.25) is 9.59 Å². The van der Waals surface area contributed by atoms with E-state index in [2.05, 4.69) is 5.32 Å². The van der Waals surface area contributed by atoms with Crippen LogP contribution in [0.3, 0.4) is 0 Å². The lowest BCUT2D eigenvalue weighted by Crippen LogP contribution is -2.56. The van der Waals surface area contributed by atoms with E-state index in [1.54, 1.807) is 53.2 Å². The Morgan fingerprint density at radius 2 is 1.78 bits per heavy atom. The number of carbonyl (C=O) groups is 3.